The van der Waals surface area contributed by atoms with Gasteiger partial charge in [0.1, 0.15) is 11.4 Å². The van der Waals surface area contributed by atoms with Crippen LogP contribution in [-0.2, 0) is 56.1 Å². The Morgan fingerprint density at radius 2 is 1.26 bits per heavy atom. The molecule has 6 rings (SSSR count). The molecule has 2 aromatic heterocycles. The van der Waals surface area contributed by atoms with Crippen LogP contribution in [-0.4, -0.2) is 124 Å². The quantitative estimate of drug-likeness (QED) is 0.196. The summed E-state index contributed by atoms with van der Waals surface area (Å²) < 4.78 is 105. The first-order chi connectivity index (χ1) is 24.8. The molecule has 296 valence electrons. The molecule has 2 saturated carbocycles. The van der Waals surface area contributed by atoms with Gasteiger partial charge in [-0.15, -0.1) is 0 Å². The Bertz CT molecular complexity index is 1980. The van der Waals surface area contributed by atoms with E-state index in [4.69, 9.17) is 9.47 Å². The number of aromatic nitrogens is 4. The fourth-order valence-corrected chi connectivity index (χ4v) is 10.1. The first-order valence-electron chi connectivity index (χ1n) is 16.4. The Morgan fingerprint density at radius 1 is 0.811 bits per heavy atom. The van der Waals surface area contributed by atoms with Crippen LogP contribution in [0, 0.1) is 0 Å². The standard InChI is InChI=1S/C15H19F2N3O5S.C10H13N3O3.C5H7BrF2O2S/c1-3-25-13(22)10-9-4-7-20(12(21)11(9)19(2)18-10)8-15(5-6-15)26(23,24)14(16)17;1-3-16-10(15)7-6-4-5-11-9(14)8(6)13(2)12-7;6-3-5(1-2-5)11(9,10)4(7)8/h14H,3-8H2,1-2H3;3-5H2,1-2H3,(H,11,14);4H,1-3H2. The molecule has 2 fully saturated rings. The number of aryl methyl sites for hydroxylation is 2. The lowest BCUT2D eigenvalue weighted by Crippen LogP contribution is -2.47. The number of nitrogens with one attached hydrogen (secondary N) is 1. The first-order valence-corrected chi connectivity index (χ1v) is 20.6. The summed E-state index contributed by atoms with van der Waals surface area (Å²) in [6.45, 7) is 4.24. The first kappa shape index (κ1) is 42.1. The number of halogens is 5. The van der Waals surface area contributed by atoms with E-state index in [0.29, 0.717) is 49.2 Å². The maximum absolute atomic E-state index is 12.9. The molecule has 0 spiro atoms. The Morgan fingerprint density at radius 3 is 1.68 bits per heavy atom. The van der Waals surface area contributed by atoms with Crippen molar-refractivity contribution < 1.29 is 63.0 Å². The lowest BCUT2D eigenvalue weighted by molar-refractivity contribution is 0.0507. The Labute approximate surface area is 310 Å². The van der Waals surface area contributed by atoms with Crippen LogP contribution < -0.4 is 5.32 Å². The van der Waals surface area contributed by atoms with Crippen molar-refractivity contribution in [2.45, 2.75) is 73.4 Å². The van der Waals surface area contributed by atoms with Crippen molar-refractivity contribution >= 4 is 59.4 Å². The van der Waals surface area contributed by atoms with Gasteiger partial charge in [-0.05, 0) is 52.4 Å². The summed E-state index contributed by atoms with van der Waals surface area (Å²) in [6, 6.07) is 0. The number of alkyl halides is 5. The van der Waals surface area contributed by atoms with Crippen molar-refractivity contribution in [2.75, 3.05) is 38.2 Å². The summed E-state index contributed by atoms with van der Waals surface area (Å²) in [7, 11) is -5.67. The number of hydrogen-bond acceptors (Lipinski definition) is 12. The molecule has 1 N–H and O–H groups in total. The van der Waals surface area contributed by atoms with Crippen LogP contribution in [0.4, 0.5) is 17.6 Å². The predicted octanol–water partition coefficient (Wildman–Crippen LogP) is 2.20. The van der Waals surface area contributed by atoms with E-state index in [1.165, 1.54) is 21.3 Å². The van der Waals surface area contributed by atoms with Gasteiger partial charge in [-0.2, -0.15) is 27.8 Å². The van der Waals surface area contributed by atoms with Gasteiger partial charge in [-0.1, -0.05) is 15.9 Å². The molecule has 23 heteroatoms. The molecule has 0 aromatic carbocycles. The average Bonchev–Trinajstić information content (AvgIpc) is 4.01. The molecule has 2 aliphatic carbocycles. The lowest BCUT2D eigenvalue weighted by atomic mass is 10.0. The van der Waals surface area contributed by atoms with Gasteiger partial charge in [-0.25, -0.2) is 26.4 Å². The summed E-state index contributed by atoms with van der Waals surface area (Å²) in [5, 5.41) is 10.9. The van der Waals surface area contributed by atoms with Crippen molar-refractivity contribution in [3.8, 4) is 0 Å². The molecule has 4 heterocycles. The predicted molar refractivity (Wildman–Crippen MR) is 182 cm³/mol. The minimum atomic E-state index is -4.61. The fraction of sp³-hybridized carbons (Fsp3) is 0.667. The van der Waals surface area contributed by atoms with Crippen LogP contribution in [0.3, 0.4) is 0 Å². The molecule has 2 amide bonds. The Hall–Kier alpha value is -3.60. The topological polar surface area (TPSA) is 206 Å². The zero-order chi connectivity index (χ0) is 39.7. The van der Waals surface area contributed by atoms with Crippen LogP contribution in [0.2, 0.25) is 0 Å². The molecule has 0 saturated heterocycles. The molecule has 2 aromatic rings. The van der Waals surface area contributed by atoms with Crippen molar-refractivity contribution in [1.82, 2.24) is 29.8 Å². The smallest absolute Gasteiger partial charge is 0.359 e. The molecule has 0 bridgehead atoms. The number of hydrogen-bond donors (Lipinski definition) is 1. The molecule has 0 radical (unpaired) electrons. The van der Waals surface area contributed by atoms with E-state index >= 15 is 0 Å². The highest BCUT2D eigenvalue weighted by molar-refractivity contribution is 9.09. The van der Waals surface area contributed by atoms with Gasteiger partial charge in [0.15, 0.2) is 11.4 Å². The molecule has 0 unspecified atom stereocenters. The molecule has 2 aliphatic heterocycles. The number of carbonyl (C=O) groups is 4. The molecule has 0 atom stereocenters. The molecular formula is C30H39BrF4N6O10S2. The minimum absolute atomic E-state index is 0.0543. The van der Waals surface area contributed by atoms with E-state index in [1.54, 1.807) is 20.9 Å². The molecule has 4 aliphatic rings. The summed E-state index contributed by atoms with van der Waals surface area (Å²) >= 11 is 2.92. The highest BCUT2D eigenvalue weighted by Crippen LogP contribution is 2.48. The third-order valence-electron chi connectivity index (χ3n) is 9.24. The van der Waals surface area contributed by atoms with E-state index in [2.05, 4.69) is 31.4 Å². The van der Waals surface area contributed by atoms with Gasteiger partial charge in [0.25, 0.3) is 11.8 Å². The summed E-state index contributed by atoms with van der Waals surface area (Å²) in [5.41, 5.74) is 2.05. The van der Waals surface area contributed by atoms with Gasteiger partial charge in [0.05, 0.1) is 22.7 Å². The number of nitrogens with zero attached hydrogens (tertiary/aromatic N) is 5. The van der Waals surface area contributed by atoms with Crippen molar-refractivity contribution in [3.63, 3.8) is 0 Å². The number of amides is 2. The summed E-state index contributed by atoms with van der Waals surface area (Å²) in [6.07, 6.45) is 1.80. The van der Waals surface area contributed by atoms with Crippen LogP contribution in [0.5, 0.6) is 0 Å². The molecular weight excluding hydrogens is 824 g/mol. The molecule has 53 heavy (non-hydrogen) atoms. The van der Waals surface area contributed by atoms with E-state index in [-0.39, 0.29) is 67.3 Å². The normalized spacial score (nSPS) is 18.1. The molecule has 16 nitrogen and oxygen atoms in total. The van der Waals surface area contributed by atoms with Crippen LogP contribution in [0.25, 0.3) is 0 Å². The second kappa shape index (κ2) is 16.0. The number of ether oxygens (including phenoxy) is 2. The van der Waals surface area contributed by atoms with Gasteiger partial charge in [0.2, 0.25) is 19.7 Å². The van der Waals surface area contributed by atoms with Gasteiger partial charge >= 0.3 is 23.5 Å². The zero-order valence-electron chi connectivity index (χ0n) is 29.2. The van der Waals surface area contributed by atoms with Crippen LogP contribution in [0.15, 0.2) is 0 Å². The highest BCUT2D eigenvalue weighted by Gasteiger charge is 2.60. The van der Waals surface area contributed by atoms with E-state index in [0.717, 1.165) is 0 Å². The maximum Gasteiger partial charge on any atom is 0.359 e. The largest absolute Gasteiger partial charge is 0.461 e. The number of rotatable bonds is 11. The van der Waals surface area contributed by atoms with Gasteiger partial charge in [0, 0.05) is 50.2 Å². The third kappa shape index (κ3) is 8.10. The number of esters is 2. The van der Waals surface area contributed by atoms with E-state index in [1.807, 2.05) is 0 Å². The second-order valence-electron chi connectivity index (χ2n) is 12.6. The number of carbonyl (C=O) groups excluding carboxylic acids is 4. The monoisotopic (exact) mass is 862 g/mol. The fourth-order valence-electron chi connectivity index (χ4n) is 5.95. The second-order valence-corrected chi connectivity index (χ2v) is 17.8. The summed E-state index contributed by atoms with van der Waals surface area (Å²) in [5.74, 6) is -8.51. The van der Waals surface area contributed by atoms with Gasteiger partial charge < -0.3 is 19.7 Å². The maximum atomic E-state index is 12.9. The van der Waals surface area contributed by atoms with Crippen molar-refractivity contribution in [3.05, 3.63) is 33.9 Å². The van der Waals surface area contributed by atoms with Crippen LogP contribution >= 0.6 is 15.9 Å². The third-order valence-corrected chi connectivity index (χ3v) is 15.1. The minimum Gasteiger partial charge on any atom is -0.461 e. The van der Waals surface area contributed by atoms with E-state index < -0.39 is 58.5 Å². The lowest BCUT2D eigenvalue weighted by Gasteiger charge is -2.30. The van der Waals surface area contributed by atoms with E-state index in [9.17, 15) is 53.6 Å². The van der Waals surface area contributed by atoms with Crippen LogP contribution in [0.1, 0.15) is 92.6 Å². The zero-order valence-corrected chi connectivity index (χ0v) is 32.4. The Kier molecular flexibility index (Phi) is 12.7. The van der Waals surface area contributed by atoms with Crippen molar-refractivity contribution in [1.29, 1.82) is 0 Å². The Balaban J connectivity index is 0.000000197. The number of sulfone groups is 2. The average molecular weight is 864 g/mol. The van der Waals surface area contributed by atoms with Gasteiger partial charge in [-0.3, -0.25) is 19.0 Å². The number of fused-ring (bicyclic) bond motifs is 2. The van der Waals surface area contributed by atoms with Crippen molar-refractivity contribution in [2.24, 2.45) is 14.1 Å². The SMILES string of the molecule is CCOC(=O)c1nn(C)c2c1CCN(CC1(S(=O)(=O)C(F)F)CC1)C2=O.CCOC(=O)c1nn(C)c2c1CCNC2=O.O=S(=O)(C(F)F)C1(CBr)CC1. The summed E-state index contributed by atoms with van der Waals surface area (Å²) in [4.78, 5) is 49.2. The highest BCUT2D eigenvalue weighted by atomic mass is 79.9.